The summed E-state index contributed by atoms with van der Waals surface area (Å²) in [6, 6.07) is 13.4. The van der Waals surface area contributed by atoms with Gasteiger partial charge in [0.2, 0.25) is 5.91 Å². The minimum atomic E-state index is -0.229. The summed E-state index contributed by atoms with van der Waals surface area (Å²) in [6.07, 6.45) is 2.26. The number of hydrogen-bond donors (Lipinski definition) is 2. The first-order chi connectivity index (χ1) is 13.4. The monoisotopic (exact) mass is 376 g/mol. The van der Waals surface area contributed by atoms with E-state index in [0.717, 1.165) is 16.9 Å². The van der Waals surface area contributed by atoms with E-state index in [-0.39, 0.29) is 11.8 Å². The maximum absolute atomic E-state index is 12.9. The highest BCUT2D eigenvalue weighted by Crippen LogP contribution is 2.22. The maximum atomic E-state index is 12.9. The molecule has 1 heterocycles. The number of nitrogens with one attached hydrogen (secondary N) is 2. The van der Waals surface area contributed by atoms with Gasteiger partial charge in [-0.15, -0.1) is 0 Å². The van der Waals surface area contributed by atoms with Crippen LogP contribution in [-0.4, -0.2) is 21.6 Å². The molecule has 0 spiro atoms. The Bertz CT molecular complexity index is 1020. The fraction of sp³-hybridized carbons (Fsp3) is 0.227. The van der Waals surface area contributed by atoms with Gasteiger partial charge in [-0.2, -0.15) is 5.10 Å². The van der Waals surface area contributed by atoms with Gasteiger partial charge in [0, 0.05) is 18.3 Å². The first kappa shape index (κ1) is 19.4. The molecule has 0 aliphatic rings. The molecule has 3 aromatic rings. The molecule has 2 N–H and O–H groups in total. The zero-order chi connectivity index (χ0) is 20.3. The van der Waals surface area contributed by atoms with Crippen LogP contribution in [0.5, 0.6) is 0 Å². The average molecular weight is 376 g/mol. The number of amides is 2. The van der Waals surface area contributed by atoms with E-state index in [1.165, 1.54) is 12.5 Å². The van der Waals surface area contributed by atoms with Gasteiger partial charge in [-0.3, -0.25) is 9.59 Å². The molecule has 0 aliphatic carbocycles. The highest BCUT2D eigenvalue weighted by Gasteiger charge is 2.17. The zero-order valence-electron chi connectivity index (χ0n) is 16.5. The van der Waals surface area contributed by atoms with Gasteiger partial charge in [0.1, 0.15) is 0 Å². The second-order valence-electron chi connectivity index (χ2n) is 6.77. The molecule has 1 aromatic heterocycles. The molecule has 2 aromatic carbocycles. The van der Waals surface area contributed by atoms with Crippen molar-refractivity contribution in [3.05, 3.63) is 71.0 Å². The summed E-state index contributed by atoms with van der Waals surface area (Å²) in [6.45, 7) is 7.39. The van der Waals surface area contributed by atoms with Gasteiger partial charge in [-0.1, -0.05) is 30.7 Å². The molecule has 0 unspecified atom stereocenters. The van der Waals surface area contributed by atoms with Crippen molar-refractivity contribution in [2.75, 3.05) is 10.6 Å². The van der Waals surface area contributed by atoms with Gasteiger partial charge < -0.3 is 10.6 Å². The van der Waals surface area contributed by atoms with Crippen LogP contribution in [-0.2, 0) is 11.2 Å². The second-order valence-corrected chi connectivity index (χ2v) is 6.77. The minimum absolute atomic E-state index is 0.154. The molecule has 3 rings (SSSR count). The smallest absolute Gasteiger partial charge is 0.259 e. The van der Waals surface area contributed by atoms with Crippen molar-refractivity contribution in [1.82, 2.24) is 9.78 Å². The van der Waals surface area contributed by atoms with Crippen molar-refractivity contribution in [3.63, 3.8) is 0 Å². The van der Waals surface area contributed by atoms with Gasteiger partial charge in [0.05, 0.1) is 23.1 Å². The highest BCUT2D eigenvalue weighted by atomic mass is 16.2. The van der Waals surface area contributed by atoms with Gasteiger partial charge in [-0.25, -0.2) is 4.68 Å². The zero-order valence-corrected chi connectivity index (χ0v) is 16.5. The van der Waals surface area contributed by atoms with Crippen LogP contribution in [0.1, 0.15) is 41.0 Å². The lowest BCUT2D eigenvalue weighted by atomic mass is 10.1. The minimum Gasteiger partial charge on any atom is -0.326 e. The lowest BCUT2D eigenvalue weighted by Gasteiger charge is -2.11. The van der Waals surface area contributed by atoms with E-state index < -0.39 is 0 Å². The normalized spacial score (nSPS) is 10.6. The Morgan fingerprint density at radius 1 is 1.04 bits per heavy atom. The van der Waals surface area contributed by atoms with E-state index in [9.17, 15) is 9.59 Å². The van der Waals surface area contributed by atoms with Crippen LogP contribution in [0, 0.1) is 13.8 Å². The van der Waals surface area contributed by atoms with E-state index in [1.54, 1.807) is 16.9 Å². The van der Waals surface area contributed by atoms with E-state index in [1.807, 2.05) is 57.2 Å². The van der Waals surface area contributed by atoms with Crippen LogP contribution in [0.4, 0.5) is 11.4 Å². The molecule has 28 heavy (non-hydrogen) atoms. The van der Waals surface area contributed by atoms with Crippen molar-refractivity contribution in [2.24, 2.45) is 0 Å². The molecule has 0 aliphatic heterocycles. The fourth-order valence-electron chi connectivity index (χ4n) is 3.03. The Hall–Kier alpha value is -3.41. The van der Waals surface area contributed by atoms with Crippen LogP contribution in [0.15, 0.2) is 48.7 Å². The van der Waals surface area contributed by atoms with E-state index in [4.69, 9.17) is 0 Å². The third kappa shape index (κ3) is 4.11. The molecular formula is C22H24N4O2. The SMILES string of the molecule is CCc1c(C(=O)Nc2ccc(C)c(NC(C)=O)c2)cnn1-c1ccc(C)cc1. The summed E-state index contributed by atoms with van der Waals surface area (Å²) in [5.74, 6) is -0.382. The number of benzene rings is 2. The van der Waals surface area contributed by atoms with Gasteiger partial charge in [0.25, 0.3) is 5.91 Å². The maximum Gasteiger partial charge on any atom is 0.259 e. The molecule has 2 amide bonds. The van der Waals surface area contributed by atoms with Gasteiger partial charge >= 0.3 is 0 Å². The molecule has 0 atom stereocenters. The average Bonchev–Trinajstić information content (AvgIpc) is 3.09. The summed E-state index contributed by atoms with van der Waals surface area (Å²) in [5, 5.41) is 10.1. The lowest BCUT2D eigenvalue weighted by Crippen LogP contribution is -2.15. The van der Waals surface area contributed by atoms with Crippen LogP contribution in [0.25, 0.3) is 5.69 Å². The highest BCUT2D eigenvalue weighted by molar-refractivity contribution is 6.05. The molecule has 6 nitrogen and oxygen atoms in total. The van der Waals surface area contributed by atoms with Crippen molar-refractivity contribution < 1.29 is 9.59 Å². The molecule has 0 saturated carbocycles. The summed E-state index contributed by atoms with van der Waals surface area (Å²) in [5.41, 5.74) is 5.68. The number of aromatic nitrogens is 2. The number of rotatable bonds is 5. The molecule has 0 bridgehead atoms. The molecule has 0 saturated heterocycles. The largest absolute Gasteiger partial charge is 0.326 e. The van der Waals surface area contributed by atoms with Crippen molar-refractivity contribution in [3.8, 4) is 5.69 Å². The van der Waals surface area contributed by atoms with E-state index in [2.05, 4.69) is 15.7 Å². The topological polar surface area (TPSA) is 76.0 Å². The standard InChI is InChI=1S/C22H24N4O2/c1-5-21-19(13-23-26(21)18-10-6-14(2)7-11-18)22(28)25-17-9-8-15(3)20(12-17)24-16(4)27/h6-13H,5H2,1-4H3,(H,24,27)(H,25,28). The van der Waals surface area contributed by atoms with Crippen LogP contribution >= 0.6 is 0 Å². The predicted octanol–water partition coefficient (Wildman–Crippen LogP) is 4.26. The van der Waals surface area contributed by atoms with Crippen molar-refractivity contribution in [2.45, 2.75) is 34.1 Å². The number of hydrogen-bond acceptors (Lipinski definition) is 3. The van der Waals surface area contributed by atoms with Gasteiger partial charge in [0.15, 0.2) is 0 Å². The first-order valence-corrected chi connectivity index (χ1v) is 9.22. The summed E-state index contributed by atoms with van der Waals surface area (Å²) < 4.78 is 1.80. The third-order valence-electron chi connectivity index (χ3n) is 4.53. The lowest BCUT2D eigenvalue weighted by molar-refractivity contribution is -0.114. The van der Waals surface area contributed by atoms with Crippen LogP contribution < -0.4 is 10.6 Å². The molecule has 0 fully saturated rings. The van der Waals surface area contributed by atoms with E-state index in [0.29, 0.717) is 23.4 Å². The quantitative estimate of drug-likeness (QED) is 0.698. The number of carbonyl (C=O) groups excluding carboxylic acids is 2. The Balaban J connectivity index is 1.87. The van der Waals surface area contributed by atoms with Crippen LogP contribution in [0.3, 0.4) is 0 Å². The number of nitrogens with zero attached hydrogens (tertiary/aromatic N) is 2. The molecule has 6 heteroatoms. The molecular weight excluding hydrogens is 352 g/mol. The summed E-state index contributed by atoms with van der Waals surface area (Å²) >= 11 is 0. The Labute approximate surface area is 164 Å². The Morgan fingerprint density at radius 2 is 1.75 bits per heavy atom. The number of aryl methyl sites for hydroxylation is 2. The first-order valence-electron chi connectivity index (χ1n) is 9.22. The third-order valence-corrected chi connectivity index (χ3v) is 4.53. The molecule has 144 valence electrons. The Kier molecular flexibility index (Phi) is 5.59. The number of anilines is 2. The van der Waals surface area contributed by atoms with Gasteiger partial charge in [-0.05, 0) is 50.1 Å². The summed E-state index contributed by atoms with van der Waals surface area (Å²) in [4.78, 5) is 24.2. The van der Waals surface area contributed by atoms with E-state index >= 15 is 0 Å². The summed E-state index contributed by atoms with van der Waals surface area (Å²) in [7, 11) is 0. The molecule has 0 radical (unpaired) electrons. The fourth-order valence-corrected chi connectivity index (χ4v) is 3.03. The predicted molar refractivity (Wildman–Crippen MR) is 111 cm³/mol. The van der Waals surface area contributed by atoms with Crippen molar-refractivity contribution in [1.29, 1.82) is 0 Å². The Morgan fingerprint density at radius 3 is 2.39 bits per heavy atom. The number of carbonyl (C=O) groups is 2. The second kappa shape index (κ2) is 8.08. The van der Waals surface area contributed by atoms with Crippen LogP contribution in [0.2, 0.25) is 0 Å². The van der Waals surface area contributed by atoms with Crippen molar-refractivity contribution >= 4 is 23.2 Å².